The smallest absolute Gasteiger partial charge is 0.273 e. The summed E-state index contributed by atoms with van der Waals surface area (Å²) in [5.41, 5.74) is 8.04. The summed E-state index contributed by atoms with van der Waals surface area (Å²) in [6.45, 7) is 8.41. The second kappa shape index (κ2) is 13.6. The van der Waals surface area contributed by atoms with Gasteiger partial charge >= 0.3 is 0 Å². The molecule has 15 nitrogen and oxygen atoms in total. The first-order valence-corrected chi connectivity index (χ1v) is 17.6. The fourth-order valence-electron chi connectivity index (χ4n) is 7.38. The van der Waals surface area contributed by atoms with E-state index in [0.717, 1.165) is 78.6 Å². The Morgan fingerprint density at radius 3 is 2.48 bits per heavy atom. The molecule has 266 valence electrons. The van der Waals surface area contributed by atoms with E-state index >= 15 is 0 Å². The summed E-state index contributed by atoms with van der Waals surface area (Å²) in [5, 5.41) is 22.8. The molecule has 1 aromatic carbocycles. The second-order valence-corrected chi connectivity index (χ2v) is 13.6. The average Bonchev–Trinajstić information content (AvgIpc) is 3.80. The van der Waals surface area contributed by atoms with E-state index in [2.05, 4.69) is 63.7 Å². The number of fused-ring (bicyclic) bond motifs is 3. The summed E-state index contributed by atoms with van der Waals surface area (Å²) >= 11 is 0. The number of likely N-dealkylation sites (tertiary alicyclic amines) is 2. The molecule has 5 aromatic rings. The van der Waals surface area contributed by atoms with Gasteiger partial charge < -0.3 is 25.8 Å². The molecule has 0 saturated carbocycles. The van der Waals surface area contributed by atoms with E-state index in [9.17, 15) is 9.59 Å². The normalized spacial score (nSPS) is 15.5. The average molecular weight is 700 g/mol. The molecule has 3 aliphatic rings. The first-order chi connectivity index (χ1) is 25.2. The first-order valence-electron chi connectivity index (χ1n) is 17.6. The number of para-hydroxylation sites is 1. The molecule has 8 rings (SSSR count). The van der Waals surface area contributed by atoms with Gasteiger partial charge in [-0.3, -0.25) is 19.2 Å². The van der Waals surface area contributed by atoms with Crippen LogP contribution in [0.3, 0.4) is 0 Å². The predicted molar refractivity (Wildman–Crippen MR) is 197 cm³/mol. The molecule has 15 heteroatoms. The van der Waals surface area contributed by atoms with E-state index < -0.39 is 0 Å². The molecule has 0 atom stereocenters. The Balaban J connectivity index is 1.00. The van der Waals surface area contributed by atoms with E-state index in [-0.39, 0.29) is 23.6 Å². The number of carbonyl (C=O) groups is 2. The van der Waals surface area contributed by atoms with Gasteiger partial charge in [0, 0.05) is 75.8 Å². The Bertz CT molecular complexity index is 2150. The molecule has 4 aromatic heterocycles. The van der Waals surface area contributed by atoms with Crippen LogP contribution < -0.4 is 20.9 Å². The van der Waals surface area contributed by atoms with Crippen LogP contribution in [0, 0.1) is 13.8 Å². The number of amides is 2. The van der Waals surface area contributed by atoms with Crippen molar-refractivity contribution in [3.8, 4) is 11.1 Å². The third-order valence-electron chi connectivity index (χ3n) is 9.81. The van der Waals surface area contributed by atoms with Gasteiger partial charge in [-0.15, -0.1) is 10.2 Å². The Hall–Kier alpha value is -5.96. The summed E-state index contributed by atoms with van der Waals surface area (Å²) in [6.07, 6.45) is 4.08. The highest BCUT2D eigenvalue weighted by atomic mass is 16.2. The van der Waals surface area contributed by atoms with Crippen molar-refractivity contribution in [1.82, 2.24) is 50.0 Å². The van der Waals surface area contributed by atoms with Crippen LogP contribution in [-0.2, 0) is 13.1 Å². The van der Waals surface area contributed by atoms with Crippen molar-refractivity contribution in [2.24, 2.45) is 0 Å². The lowest BCUT2D eigenvalue weighted by molar-refractivity contribution is 0.0781. The summed E-state index contributed by atoms with van der Waals surface area (Å²) in [4.78, 5) is 45.7. The van der Waals surface area contributed by atoms with Crippen LogP contribution in [0.5, 0.6) is 0 Å². The number of carbonyl (C=O) groups excluding carboxylic acids is 2. The maximum Gasteiger partial charge on any atom is 0.273 e. The number of aryl methyl sites for hydroxylation is 2. The quantitative estimate of drug-likeness (QED) is 0.201. The number of aromatic nitrogens is 7. The lowest BCUT2D eigenvalue weighted by Gasteiger charge is -2.40. The van der Waals surface area contributed by atoms with Gasteiger partial charge in [0.25, 0.3) is 11.8 Å². The molecule has 2 fully saturated rings. The minimum absolute atomic E-state index is 0.0292. The Morgan fingerprint density at radius 1 is 0.885 bits per heavy atom. The number of hydrogen-bond donors (Lipinski definition) is 3. The number of rotatable bonds is 9. The number of benzene rings is 1. The number of pyridine rings is 1. The molecular weight excluding hydrogens is 658 g/mol. The molecular formula is C37H41N13O2. The van der Waals surface area contributed by atoms with Gasteiger partial charge in [-0.05, 0) is 44.9 Å². The van der Waals surface area contributed by atoms with E-state index in [4.69, 9.17) is 10.1 Å². The predicted octanol–water partition coefficient (Wildman–Crippen LogP) is 4.23. The minimum atomic E-state index is -0.356. The second-order valence-electron chi connectivity index (χ2n) is 13.6. The Morgan fingerprint density at radius 2 is 1.69 bits per heavy atom. The summed E-state index contributed by atoms with van der Waals surface area (Å²) in [7, 11) is 3.63. The van der Waals surface area contributed by atoms with Crippen LogP contribution in [0.25, 0.3) is 11.1 Å². The van der Waals surface area contributed by atoms with Crippen molar-refractivity contribution < 1.29 is 9.59 Å². The highest BCUT2D eigenvalue weighted by Gasteiger charge is 2.34. The Kier molecular flexibility index (Phi) is 8.71. The minimum Gasteiger partial charge on any atom is -0.366 e. The molecule has 0 spiro atoms. The molecule has 3 aliphatic heterocycles. The largest absolute Gasteiger partial charge is 0.366 e. The van der Waals surface area contributed by atoms with Crippen molar-refractivity contribution >= 4 is 40.5 Å². The number of hydrogen-bond acceptors (Lipinski definition) is 12. The van der Waals surface area contributed by atoms with E-state index in [0.29, 0.717) is 41.9 Å². The van der Waals surface area contributed by atoms with Crippen molar-refractivity contribution in [3.63, 3.8) is 0 Å². The molecule has 0 unspecified atom stereocenters. The Labute approximate surface area is 301 Å². The molecule has 0 aliphatic carbocycles. The van der Waals surface area contributed by atoms with Crippen molar-refractivity contribution in [3.05, 3.63) is 89.0 Å². The third kappa shape index (κ3) is 6.38. The lowest BCUT2D eigenvalue weighted by atomic mass is 9.97. The highest BCUT2D eigenvalue weighted by molar-refractivity contribution is 6.00. The van der Waals surface area contributed by atoms with Gasteiger partial charge in [-0.2, -0.15) is 5.10 Å². The van der Waals surface area contributed by atoms with Crippen LogP contribution in [-0.4, -0.2) is 96.8 Å². The molecule has 0 radical (unpaired) electrons. The zero-order valence-corrected chi connectivity index (χ0v) is 29.7. The zero-order valence-electron chi connectivity index (χ0n) is 29.7. The number of nitrogens with zero attached hydrogens (tertiary/aromatic N) is 10. The van der Waals surface area contributed by atoms with Crippen LogP contribution in [0.2, 0.25) is 0 Å². The lowest BCUT2D eigenvalue weighted by Crippen LogP contribution is -2.48. The first kappa shape index (κ1) is 33.2. The topological polar surface area (TPSA) is 162 Å². The van der Waals surface area contributed by atoms with E-state index in [1.54, 1.807) is 13.1 Å². The molecule has 52 heavy (non-hydrogen) atoms. The third-order valence-corrected chi connectivity index (χ3v) is 9.81. The molecule has 3 N–H and O–H groups in total. The number of nitrogens with one attached hydrogen (secondary N) is 3. The molecule has 2 amide bonds. The SMILES string of the molecule is CNC(=O)c1nnc(Nc2cc(C)nc(C)n2)cc1Nc1cccc2c1N(C)Cc1c-2cnn1C1CN(Cc2cccc(C(=O)N3CCCC3)n2)C1. The summed E-state index contributed by atoms with van der Waals surface area (Å²) in [6, 6.07) is 15.7. The number of anilines is 5. The van der Waals surface area contributed by atoms with Crippen LogP contribution >= 0.6 is 0 Å². The van der Waals surface area contributed by atoms with E-state index in [1.807, 2.05) is 61.3 Å². The summed E-state index contributed by atoms with van der Waals surface area (Å²) < 4.78 is 2.16. The van der Waals surface area contributed by atoms with Gasteiger partial charge in [0.2, 0.25) is 0 Å². The molecule has 2 saturated heterocycles. The fourth-order valence-corrected chi connectivity index (χ4v) is 7.38. The standard InChI is InChI=1S/C37H41N13O2/c1-22-15-32(41-23(2)40-22)44-33-16-30(34(46-45-33)36(51)38-3)43-28-11-8-10-26-27-17-39-50(31(27)21-47(4)35(26)28)25-19-48(20-25)18-24-9-7-12-29(42-24)37(52)49-13-5-6-14-49/h7-12,15-17,25H,5-6,13-14,18-21H2,1-4H3,(H,38,51)(H2,40,41,43,44,45). The van der Waals surface area contributed by atoms with Crippen LogP contribution in [0.4, 0.5) is 28.7 Å². The zero-order chi connectivity index (χ0) is 35.9. The monoisotopic (exact) mass is 699 g/mol. The highest BCUT2D eigenvalue weighted by Crippen LogP contribution is 2.45. The van der Waals surface area contributed by atoms with Crippen LogP contribution in [0.15, 0.2) is 54.7 Å². The maximum atomic E-state index is 12.9. The fraction of sp³-hybridized carbons (Fsp3) is 0.351. The van der Waals surface area contributed by atoms with Gasteiger partial charge in [0.05, 0.1) is 47.2 Å². The van der Waals surface area contributed by atoms with Crippen molar-refractivity contribution in [1.29, 1.82) is 0 Å². The summed E-state index contributed by atoms with van der Waals surface area (Å²) in [5.74, 6) is 1.33. The van der Waals surface area contributed by atoms with Gasteiger partial charge in [-0.25, -0.2) is 15.0 Å². The van der Waals surface area contributed by atoms with Gasteiger partial charge in [-0.1, -0.05) is 18.2 Å². The maximum absolute atomic E-state index is 12.9. The van der Waals surface area contributed by atoms with Crippen LogP contribution in [0.1, 0.15) is 62.8 Å². The van der Waals surface area contributed by atoms with Crippen molar-refractivity contribution in [2.75, 3.05) is 55.8 Å². The van der Waals surface area contributed by atoms with Gasteiger partial charge in [0.15, 0.2) is 11.5 Å². The van der Waals surface area contributed by atoms with E-state index in [1.165, 1.54) is 0 Å². The van der Waals surface area contributed by atoms with Crippen molar-refractivity contribution in [2.45, 2.75) is 45.8 Å². The molecule has 7 heterocycles. The molecule has 0 bridgehead atoms. The van der Waals surface area contributed by atoms with Gasteiger partial charge in [0.1, 0.15) is 17.3 Å².